The lowest BCUT2D eigenvalue weighted by atomic mass is 9.95. The van der Waals surface area contributed by atoms with Crippen LogP contribution < -0.4 is 5.32 Å². The van der Waals surface area contributed by atoms with E-state index in [1.807, 2.05) is 35.2 Å². The lowest BCUT2D eigenvalue weighted by Gasteiger charge is -2.31. The Bertz CT molecular complexity index is 735. The predicted octanol–water partition coefficient (Wildman–Crippen LogP) is 3.11. The van der Waals surface area contributed by atoms with Gasteiger partial charge in [-0.3, -0.25) is 9.59 Å². The van der Waals surface area contributed by atoms with Crippen LogP contribution in [0.25, 0.3) is 0 Å². The molecule has 0 unspecified atom stereocenters. The third-order valence-corrected chi connectivity index (χ3v) is 5.85. The standard InChI is InChI=1S/C21H26N2O3S/c1-26-15-16-4-6-18(7-5-16)21(25)23-12-9-17(10-13-23)20(24)22-11-8-19-3-2-14-27-19/h2-7,14,17H,8-13,15H2,1H3,(H,22,24). The number of benzene rings is 1. The van der Waals surface area contributed by atoms with Crippen molar-refractivity contribution in [3.63, 3.8) is 0 Å². The van der Waals surface area contributed by atoms with Gasteiger partial charge in [-0.05, 0) is 48.4 Å². The Kier molecular flexibility index (Phi) is 7.01. The number of likely N-dealkylation sites (tertiary alicyclic amines) is 1. The number of piperidine rings is 1. The fourth-order valence-electron chi connectivity index (χ4n) is 3.35. The Morgan fingerprint density at radius 2 is 1.93 bits per heavy atom. The van der Waals surface area contributed by atoms with Crippen LogP contribution in [-0.2, 0) is 22.6 Å². The van der Waals surface area contributed by atoms with Gasteiger partial charge in [0, 0.05) is 43.1 Å². The van der Waals surface area contributed by atoms with Gasteiger partial charge in [-0.15, -0.1) is 11.3 Å². The maximum Gasteiger partial charge on any atom is 0.253 e. The van der Waals surface area contributed by atoms with Gasteiger partial charge in [0.05, 0.1) is 6.61 Å². The Hall–Kier alpha value is -2.18. The number of hydrogen-bond acceptors (Lipinski definition) is 4. The summed E-state index contributed by atoms with van der Waals surface area (Å²) in [6, 6.07) is 11.7. The van der Waals surface area contributed by atoms with E-state index in [9.17, 15) is 9.59 Å². The van der Waals surface area contributed by atoms with E-state index in [4.69, 9.17) is 4.74 Å². The minimum Gasteiger partial charge on any atom is -0.380 e. The average Bonchev–Trinajstić information content (AvgIpc) is 3.22. The first-order valence-corrected chi connectivity index (χ1v) is 10.2. The highest BCUT2D eigenvalue weighted by atomic mass is 32.1. The van der Waals surface area contributed by atoms with E-state index >= 15 is 0 Å². The van der Waals surface area contributed by atoms with Crippen molar-refractivity contribution < 1.29 is 14.3 Å². The summed E-state index contributed by atoms with van der Waals surface area (Å²) in [5, 5.41) is 5.09. The number of hydrogen-bond donors (Lipinski definition) is 1. The summed E-state index contributed by atoms with van der Waals surface area (Å²) in [5.74, 6) is 0.152. The van der Waals surface area contributed by atoms with Gasteiger partial charge in [-0.1, -0.05) is 18.2 Å². The Morgan fingerprint density at radius 3 is 2.56 bits per heavy atom. The first-order chi connectivity index (χ1) is 13.2. The van der Waals surface area contributed by atoms with Crippen molar-refractivity contribution in [2.45, 2.75) is 25.9 Å². The quantitative estimate of drug-likeness (QED) is 0.795. The van der Waals surface area contributed by atoms with Gasteiger partial charge in [0.25, 0.3) is 5.91 Å². The van der Waals surface area contributed by atoms with E-state index < -0.39 is 0 Å². The molecule has 1 aromatic carbocycles. The van der Waals surface area contributed by atoms with Gasteiger partial charge < -0.3 is 15.0 Å². The molecule has 1 fully saturated rings. The molecule has 1 aliphatic rings. The zero-order chi connectivity index (χ0) is 19.1. The summed E-state index contributed by atoms with van der Waals surface area (Å²) >= 11 is 1.71. The molecule has 0 bridgehead atoms. The highest BCUT2D eigenvalue weighted by Crippen LogP contribution is 2.20. The molecule has 6 heteroatoms. The van der Waals surface area contributed by atoms with Crippen LogP contribution in [0.4, 0.5) is 0 Å². The van der Waals surface area contributed by atoms with E-state index in [-0.39, 0.29) is 17.7 Å². The third kappa shape index (κ3) is 5.40. The second kappa shape index (κ2) is 9.67. The topological polar surface area (TPSA) is 58.6 Å². The summed E-state index contributed by atoms with van der Waals surface area (Å²) < 4.78 is 5.09. The Morgan fingerprint density at radius 1 is 1.19 bits per heavy atom. The first kappa shape index (κ1) is 19.6. The molecule has 0 atom stereocenters. The molecule has 1 aliphatic heterocycles. The Balaban J connectivity index is 1.43. The SMILES string of the molecule is COCc1ccc(C(=O)N2CCC(C(=O)NCCc3cccs3)CC2)cc1. The molecule has 0 spiro atoms. The van der Waals surface area contributed by atoms with Crippen molar-refractivity contribution in [1.29, 1.82) is 0 Å². The molecule has 2 heterocycles. The second-order valence-corrected chi connectivity index (χ2v) is 7.85. The number of rotatable bonds is 7. The molecule has 1 N–H and O–H groups in total. The molecule has 144 valence electrons. The van der Waals surface area contributed by atoms with Crippen LogP contribution in [0.15, 0.2) is 41.8 Å². The molecule has 3 rings (SSSR count). The normalized spacial score (nSPS) is 14.9. The molecular weight excluding hydrogens is 360 g/mol. The smallest absolute Gasteiger partial charge is 0.253 e. The number of amides is 2. The summed E-state index contributed by atoms with van der Waals surface area (Å²) in [6.45, 7) is 2.47. The van der Waals surface area contributed by atoms with Crippen molar-refractivity contribution in [2.24, 2.45) is 5.92 Å². The lowest BCUT2D eigenvalue weighted by Crippen LogP contribution is -2.43. The number of thiophene rings is 1. The summed E-state index contributed by atoms with van der Waals surface area (Å²) in [5.41, 5.74) is 1.74. The molecule has 5 nitrogen and oxygen atoms in total. The minimum absolute atomic E-state index is 0.00136. The van der Waals surface area contributed by atoms with Gasteiger partial charge >= 0.3 is 0 Å². The van der Waals surface area contributed by atoms with Crippen molar-refractivity contribution in [2.75, 3.05) is 26.7 Å². The number of nitrogens with one attached hydrogen (secondary N) is 1. The maximum absolute atomic E-state index is 12.6. The maximum atomic E-state index is 12.6. The molecule has 0 radical (unpaired) electrons. The van der Waals surface area contributed by atoms with Crippen molar-refractivity contribution >= 4 is 23.2 Å². The number of carbonyl (C=O) groups excluding carboxylic acids is 2. The minimum atomic E-state index is 0.00136. The summed E-state index contributed by atoms with van der Waals surface area (Å²) in [6.07, 6.45) is 2.32. The van der Waals surface area contributed by atoms with Gasteiger partial charge in [0.15, 0.2) is 0 Å². The highest BCUT2D eigenvalue weighted by Gasteiger charge is 2.27. The van der Waals surface area contributed by atoms with Crippen molar-refractivity contribution in [3.8, 4) is 0 Å². The van der Waals surface area contributed by atoms with Crippen LogP contribution in [0.1, 0.15) is 33.6 Å². The molecule has 27 heavy (non-hydrogen) atoms. The van der Waals surface area contributed by atoms with E-state index in [1.165, 1.54) is 4.88 Å². The van der Waals surface area contributed by atoms with Gasteiger partial charge in [-0.2, -0.15) is 0 Å². The van der Waals surface area contributed by atoms with E-state index in [0.717, 1.165) is 24.8 Å². The van der Waals surface area contributed by atoms with Crippen molar-refractivity contribution in [3.05, 3.63) is 57.8 Å². The number of carbonyl (C=O) groups is 2. The van der Waals surface area contributed by atoms with E-state index in [2.05, 4.69) is 16.8 Å². The molecule has 1 aromatic heterocycles. The molecule has 0 saturated carbocycles. The van der Waals surface area contributed by atoms with E-state index in [0.29, 0.717) is 31.8 Å². The third-order valence-electron chi connectivity index (χ3n) is 4.92. The predicted molar refractivity (Wildman–Crippen MR) is 107 cm³/mol. The number of nitrogens with zero attached hydrogens (tertiary/aromatic N) is 1. The molecule has 2 aromatic rings. The van der Waals surface area contributed by atoms with Crippen LogP contribution in [-0.4, -0.2) is 43.5 Å². The largest absolute Gasteiger partial charge is 0.380 e. The fraction of sp³-hybridized carbons (Fsp3) is 0.429. The van der Waals surface area contributed by atoms with Gasteiger partial charge in [0.2, 0.25) is 5.91 Å². The second-order valence-electron chi connectivity index (χ2n) is 6.82. The zero-order valence-corrected chi connectivity index (χ0v) is 16.5. The molecule has 0 aliphatic carbocycles. The summed E-state index contributed by atoms with van der Waals surface area (Å²) in [4.78, 5) is 28.1. The van der Waals surface area contributed by atoms with Crippen molar-refractivity contribution in [1.82, 2.24) is 10.2 Å². The van der Waals surface area contributed by atoms with E-state index in [1.54, 1.807) is 18.4 Å². The fourth-order valence-corrected chi connectivity index (χ4v) is 4.05. The van der Waals surface area contributed by atoms with Crippen LogP contribution in [0.3, 0.4) is 0 Å². The number of methoxy groups -OCH3 is 1. The lowest BCUT2D eigenvalue weighted by molar-refractivity contribution is -0.126. The number of ether oxygens (including phenoxy) is 1. The summed E-state index contributed by atoms with van der Waals surface area (Å²) in [7, 11) is 1.65. The van der Waals surface area contributed by atoms with Crippen LogP contribution in [0.5, 0.6) is 0 Å². The zero-order valence-electron chi connectivity index (χ0n) is 15.6. The first-order valence-electron chi connectivity index (χ1n) is 9.34. The molecule has 2 amide bonds. The van der Waals surface area contributed by atoms with Gasteiger partial charge in [-0.25, -0.2) is 0 Å². The average molecular weight is 387 g/mol. The highest BCUT2D eigenvalue weighted by molar-refractivity contribution is 7.09. The monoisotopic (exact) mass is 386 g/mol. The Labute approximate surface area is 164 Å². The molecule has 1 saturated heterocycles. The van der Waals surface area contributed by atoms with Crippen LogP contribution in [0.2, 0.25) is 0 Å². The molecular formula is C21H26N2O3S. The van der Waals surface area contributed by atoms with Gasteiger partial charge in [0.1, 0.15) is 0 Å². The van der Waals surface area contributed by atoms with Crippen LogP contribution >= 0.6 is 11.3 Å². The van der Waals surface area contributed by atoms with Crippen LogP contribution in [0, 0.1) is 5.92 Å².